The highest BCUT2D eigenvalue weighted by atomic mass is 32.1. The number of nitriles is 1. The van der Waals surface area contributed by atoms with Gasteiger partial charge in [0.25, 0.3) is 5.91 Å². The number of ether oxygens (including phenoxy) is 1. The number of thiophene rings is 1. The van der Waals surface area contributed by atoms with Crippen LogP contribution in [0.25, 0.3) is 6.08 Å². The Morgan fingerprint density at radius 3 is 2.71 bits per heavy atom. The average molecular weight is 298 g/mol. The summed E-state index contributed by atoms with van der Waals surface area (Å²) in [5.41, 5.74) is 1.54. The molecule has 0 bridgehead atoms. The number of rotatable bonds is 5. The fourth-order valence-corrected chi connectivity index (χ4v) is 2.29. The van der Waals surface area contributed by atoms with Crippen molar-refractivity contribution < 1.29 is 9.53 Å². The summed E-state index contributed by atoms with van der Waals surface area (Å²) in [5.74, 6) is 0.317. The van der Waals surface area contributed by atoms with Crippen LogP contribution in [0.2, 0.25) is 0 Å². The van der Waals surface area contributed by atoms with Crippen molar-refractivity contribution in [2.24, 2.45) is 0 Å². The van der Waals surface area contributed by atoms with Crippen molar-refractivity contribution >= 4 is 29.0 Å². The zero-order valence-electron chi connectivity index (χ0n) is 11.5. The van der Waals surface area contributed by atoms with Gasteiger partial charge in [-0.25, -0.2) is 0 Å². The Balaban J connectivity index is 2.07. The zero-order valence-corrected chi connectivity index (χ0v) is 12.3. The second-order valence-corrected chi connectivity index (χ2v) is 4.92. The molecule has 1 aromatic heterocycles. The van der Waals surface area contributed by atoms with Gasteiger partial charge in [-0.1, -0.05) is 0 Å². The van der Waals surface area contributed by atoms with E-state index in [4.69, 9.17) is 10.00 Å². The van der Waals surface area contributed by atoms with E-state index in [1.165, 1.54) is 11.3 Å². The van der Waals surface area contributed by atoms with Crippen molar-refractivity contribution in [3.05, 3.63) is 52.2 Å². The van der Waals surface area contributed by atoms with Gasteiger partial charge in [0, 0.05) is 5.69 Å². The molecule has 0 atom stereocenters. The van der Waals surface area contributed by atoms with E-state index in [1.54, 1.807) is 30.3 Å². The minimum absolute atomic E-state index is 0.0716. The zero-order chi connectivity index (χ0) is 15.1. The molecule has 1 N–H and O–H groups in total. The summed E-state index contributed by atoms with van der Waals surface area (Å²) < 4.78 is 5.33. The first kappa shape index (κ1) is 14.8. The standard InChI is InChI=1S/C16H14N2O2S/c1-2-20-15-5-3-14(4-6-15)18-16(19)13(10-17)9-12-7-8-21-11-12/h3-9,11H,2H2,1H3,(H,18,19)/b13-9+. The van der Waals surface area contributed by atoms with Crippen LogP contribution in [-0.2, 0) is 4.79 Å². The highest BCUT2D eigenvalue weighted by molar-refractivity contribution is 7.08. The molecule has 0 aliphatic carbocycles. The molecule has 1 aromatic carbocycles. The summed E-state index contributed by atoms with van der Waals surface area (Å²) in [6.45, 7) is 2.50. The summed E-state index contributed by atoms with van der Waals surface area (Å²) in [5, 5.41) is 15.6. The molecule has 0 saturated heterocycles. The van der Waals surface area contributed by atoms with Crippen molar-refractivity contribution in [2.75, 3.05) is 11.9 Å². The molecule has 0 aliphatic heterocycles. The third kappa shape index (κ3) is 4.20. The summed E-state index contributed by atoms with van der Waals surface area (Å²) >= 11 is 1.51. The predicted molar refractivity (Wildman–Crippen MR) is 84.1 cm³/mol. The Morgan fingerprint density at radius 1 is 1.38 bits per heavy atom. The Labute approximate surface area is 127 Å². The van der Waals surface area contributed by atoms with Crippen molar-refractivity contribution in [1.29, 1.82) is 5.26 Å². The lowest BCUT2D eigenvalue weighted by molar-refractivity contribution is -0.112. The molecule has 106 valence electrons. The summed E-state index contributed by atoms with van der Waals surface area (Å²) in [6, 6.07) is 10.8. The number of benzene rings is 1. The number of carbonyl (C=O) groups is 1. The average Bonchev–Trinajstić information content (AvgIpc) is 3.00. The molecule has 1 amide bonds. The second kappa shape index (κ2) is 7.27. The topological polar surface area (TPSA) is 62.1 Å². The molecule has 0 saturated carbocycles. The van der Waals surface area contributed by atoms with Crippen LogP contribution in [-0.4, -0.2) is 12.5 Å². The monoisotopic (exact) mass is 298 g/mol. The van der Waals surface area contributed by atoms with Crippen molar-refractivity contribution in [3.8, 4) is 11.8 Å². The van der Waals surface area contributed by atoms with Gasteiger partial charge in [-0.05, 0) is 59.7 Å². The van der Waals surface area contributed by atoms with Gasteiger partial charge < -0.3 is 10.1 Å². The Morgan fingerprint density at radius 2 is 2.14 bits per heavy atom. The van der Waals surface area contributed by atoms with Gasteiger partial charge in [-0.3, -0.25) is 4.79 Å². The molecular weight excluding hydrogens is 284 g/mol. The first-order chi connectivity index (χ1) is 10.2. The molecule has 0 spiro atoms. The van der Waals surface area contributed by atoms with E-state index in [9.17, 15) is 4.79 Å². The SMILES string of the molecule is CCOc1ccc(NC(=O)/C(C#N)=C/c2ccsc2)cc1. The van der Waals surface area contributed by atoms with Crippen molar-refractivity contribution in [3.63, 3.8) is 0 Å². The van der Waals surface area contributed by atoms with E-state index >= 15 is 0 Å². The maximum atomic E-state index is 12.1. The van der Waals surface area contributed by atoms with E-state index in [1.807, 2.05) is 29.8 Å². The fourth-order valence-electron chi connectivity index (χ4n) is 1.67. The maximum absolute atomic E-state index is 12.1. The lowest BCUT2D eigenvalue weighted by Gasteiger charge is -2.06. The van der Waals surface area contributed by atoms with Crippen molar-refractivity contribution in [1.82, 2.24) is 0 Å². The summed E-state index contributed by atoms with van der Waals surface area (Å²) in [6.07, 6.45) is 1.57. The number of hydrogen-bond donors (Lipinski definition) is 1. The van der Waals surface area contributed by atoms with Gasteiger partial charge in [0.05, 0.1) is 6.61 Å². The Kier molecular flexibility index (Phi) is 5.13. The van der Waals surface area contributed by atoms with Crippen LogP contribution >= 0.6 is 11.3 Å². The van der Waals surface area contributed by atoms with Gasteiger partial charge in [0.15, 0.2) is 0 Å². The van der Waals surface area contributed by atoms with Crippen LogP contribution in [0.15, 0.2) is 46.7 Å². The third-order valence-corrected chi connectivity index (χ3v) is 3.34. The number of hydrogen-bond acceptors (Lipinski definition) is 4. The molecule has 1 heterocycles. The lowest BCUT2D eigenvalue weighted by atomic mass is 10.2. The van der Waals surface area contributed by atoms with Crippen LogP contribution in [0.1, 0.15) is 12.5 Å². The van der Waals surface area contributed by atoms with Gasteiger partial charge in [-0.15, -0.1) is 0 Å². The van der Waals surface area contributed by atoms with Gasteiger partial charge in [0.2, 0.25) is 0 Å². The Bertz CT molecular complexity index is 667. The maximum Gasteiger partial charge on any atom is 0.266 e. The molecular formula is C16H14N2O2S. The van der Waals surface area contributed by atoms with E-state index in [0.717, 1.165) is 11.3 Å². The van der Waals surface area contributed by atoms with Gasteiger partial charge in [0.1, 0.15) is 17.4 Å². The number of amides is 1. The van der Waals surface area contributed by atoms with Crippen LogP contribution in [0, 0.1) is 11.3 Å². The van der Waals surface area contributed by atoms with Crippen molar-refractivity contribution in [2.45, 2.75) is 6.92 Å². The van der Waals surface area contributed by atoms with Gasteiger partial charge in [-0.2, -0.15) is 16.6 Å². The quantitative estimate of drug-likeness (QED) is 0.676. The molecule has 2 rings (SSSR count). The van der Waals surface area contributed by atoms with Crippen LogP contribution in [0.5, 0.6) is 5.75 Å². The summed E-state index contributed by atoms with van der Waals surface area (Å²) in [4.78, 5) is 12.1. The van der Waals surface area contributed by atoms with Gasteiger partial charge >= 0.3 is 0 Å². The minimum atomic E-state index is -0.423. The molecule has 2 aromatic rings. The molecule has 4 nitrogen and oxygen atoms in total. The molecule has 21 heavy (non-hydrogen) atoms. The summed E-state index contributed by atoms with van der Waals surface area (Å²) in [7, 11) is 0. The largest absolute Gasteiger partial charge is 0.494 e. The third-order valence-electron chi connectivity index (χ3n) is 2.64. The highest BCUT2D eigenvalue weighted by Gasteiger charge is 2.09. The predicted octanol–water partition coefficient (Wildman–Crippen LogP) is 3.69. The first-order valence-corrected chi connectivity index (χ1v) is 7.35. The van der Waals surface area contributed by atoms with Crippen LogP contribution in [0.3, 0.4) is 0 Å². The molecule has 0 fully saturated rings. The first-order valence-electron chi connectivity index (χ1n) is 6.41. The molecule has 5 heteroatoms. The molecule has 0 radical (unpaired) electrons. The minimum Gasteiger partial charge on any atom is -0.494 e. The normalized spacial score (nSPS) is 10.8. The Hall–Kier alpha value is -2.58. The smallest absolute Gasteiger partial charge is 0.266 e. The van der Waals surface area contributed by atoms with E-state index in [2.05, 4.69) is 5.32 Å². The van der Waals surface area contributed by atoms with E-state index in [0.29, 0.717) is 12.3 Å². The highest BCUT2D eigenvalue weighted by Crippen LogP contribution is 2.17. The van der Waals surface area contributed by atoms with E-state index < -0.39 is 5.91 Å². The lowest BCUT2D eigenvalue weighted by Crippen LogP contribution is -2.13. The number of nitrogens with one attached hydrogen (secondary N) is 1. The van der Waals surface area contributed by atoms with Crippen LogP contribution < -0.4 is 10.1 Å². The van der Waals surface area contributed by atoms with Crippen LogP contribution in [0.4, 0.5) is 5.69 Å². The van der Waals surface area contributed by atoms with E-state index in [-0.39, 0.29) is 5.57 Å². The number of nitrogens with zero attached hydrogens (tertiary/aromatic N) is 1. The molecule has 0 unspecified atom stereocenters. The number of carbonyl (C=O) groups excluding carboxylic acids is 1. The number of anilines is 1. The molecule has 0 aliphatic rings. The second-order valence-electron chi connectivity index (χ2n) is 4.14. The fraction of sp³-hybridized carbons (Fsp3) is 0.125.